The van der Waals surface area contributed by atoms with Gasteiger partial charge in [0.05, 0.1) is 16.6 Å². The Morgan fingerprint density at radius 2 is 1.93 bits per heavy atom. The van der Waals surface area contributed by atoms with Gasteiger partial charge in [0.1, 0.15) is 5.82 Å². The molecular formula is C17H24N6O3S. The lowest BCUT2D eigenvalue weighted by atomic mass is 10.0. The predicted molar refractivity (Wildman–Crippen MR) is 104 cm³/mol. The van der Waals surface area contributed by atoms with E-state index in [1.807, 2.05) is 18.6 Å². The van der Waals surface area contributed by atoms with Gasteiger partial charge in [0.2, 0.25) is 5.95 Å². The number of nitrogens with two attached hydrogens (primary N) is 2. The van der Waals surface area contributed by atoms with E-state index in [1.165, 1.54) is 12.1 Å². The smallest absolute Gasteiger partial charge is 0.264 e. The highest BCUT2D eigenvalue weighted by molar-refractivity contribution is 7.90. The molecule has 2 aromatic rings. The summed E-state index contributed by atoms with van der Waals surface area (Å²) >= 11 is 0. The molecule has 0 radical (unpaired) electrons. The Kier molecular flexibility index (Phi) is 6.34. The summed E-state index contributed by atoms with van der Waals surface area (Å²) in [5, 5.41) is 2.86. The molecule has 0 aliphatic carbocycles. The normalized spacial score (nSPS) is 12.6. The second-order valence-corrected chi connectivity index (χ2v) is 8.16. The maximum Gasteiger partial charge on any atom is 0.264 e. The highest BCUT2D eigenvalue weighted by atomic mass is 32.2. The van der Waals surface area contributed by atoms with Gasteiger partial charge in [-0.3, -0.25) is 4.79 Å². The fourth-order valence-electron chi connectivity index (χ4n) is 2.45. The highest BCUT2D eigenvalue weighted by Crippen LogP contribution is 2.23. The molecule has 0 aliphatic rings. The molecule has 0 unspecified atom stereocenters. The highest BCUT2D eigenvalue weighted by Gasteiger charge is 2.23. The largest absolute Gasteiger partial charge is 0.373 e. The van der Waals surface area contributed by atoms with Crippen molar-refractivity contribution in [3.8, 4) is 11.3 Å². The molecule has 0 spiro atoms. The monoisotopic (exact) mass is 392 g/mol. The van der Waals surface area contributed by atoms with Gasteiger partial charge >= 0.3 is 0 Å². The van der Waals surface area contributed by atoms with Gasteiger partial charge in [-0.25, -0.2) is 18.1 Å². The summed E-state index contributed by atoms with van der Waals surface area (Å²) in [4.78, 5) is 20.1. The minimum absolute atomic E-state index is 0.0538. The van der Waals surface area contributed by atoms with Crippen LogP contribution in [0.1, 0.15) is 20.3 Å². The number of amides is 1. The van der Waals surface area contributed by atoms with Gasteiger partial charge in [-0.15, -0.1) is 0 Å². The zero-order valence-corrected chi connectivity index (χ0v) is 16.2. The molecule has 0 saturated heterocycles. The first-order chi connectivity index (χ1) is 12.6. The van der Waals surface area contributed by atoms with E-state index in [4.69, 9.17) is 11.5 Å². The number of carbonyl (C=O) groups excluding carboxylic acids is 1. The van der Waals surface area contributed by atoms with E-state index >= 15 is 0 Å². The number of benzene rings is 1. The molecule has 6 N–H and O–H groups in total. The first-order valence-electron chi connectivity index (χ1n) is 8.37. The van der Waals surface area contributed by atoms with Crippen molar-refractivity contribution >= 4 is 27.7 Å². The number of anilines is 2. The molecule has 2 rings (SSSR count). The van der Waals surface area contributed by atoms with Crippen LogP contribution in [-0.2, 0) is 14.8 Å². The van der Waals surface area contributed by atoms with Gasteiger partial charge < -0.3 is 16.8 Å². The van der Waals surface area contributed by atoms with Gasteiger partial charge in [0.15, 0.2) is 0 Å². The van der Waals surface area contributed by atoms with Crippen LogP contribution in [0.4, 0.5) is 11.8 Å². The third kappa shape index (κ3) is 5.38. The SMILES string of the molecule is CNc1cc(-c2cccc(S(=O)(=O)NC(=O)[C@@H](N)CC(C)C)c2)nc(N)n1. The molecule has 0 bridgehead atoms. The Hall–Kier alpha value is -2.72. The summed E-state index contributed by atoms with van der Waals surface area (Å²) in [5.74, 6) is -0.0176. The third-order valence-electron chi connectivity index (χ3n) is 3.74. The van der Waals surface area contributed by atoms with E-state index in [-0.39, 0.29) is 16.8 Å². The summed E-state index contributed by atoms with van der Waals surface area (Å²) in [6, 6.07) is 6.77. The second-order valence-electron chi connectivity index (χ2n) is 6.48. The van der Waals surface area contributed by atoms with Crippen LogP contribution in [0, 0.1) is 5.92 Å². The van der Waals surface area contributed by atoms with E-state index in [0.717, 1.165) is 0 Å². The average molecular weight is 392 g/mol. The Balaban J connectivity index is 2.31. The fraction of sp³-hybridized carbons (Fsp3) is 0.353. The lowest BCUT2D eigenvalue weighted by Crippen LogP contribution is -2.43. The van der Waals surface area contributed by atoms with Crippen molar-refractivity contribution in [3.63, 3.8) is 0 Å². The Labute approximate surface area is 158 Å². The molecule has 1 amide bonds. The molecule has 0 saturated carbocycles. The van der Waals surface area contributed by atoms with Crippen LogP contribution in [0.5, 0.6) is 0 Å². The molecule has 1 atom stereocenters. The lowest BCUT2D eigenvalue weighted by molar-refractivity contribution is -0.120. The summed E-state index contributed by atoms with van der Waals surface area (Å²) in [6.07, 6.45) is 0.383. The topological polar surface area (TPSA) is 153 Å². The minimum atomic E-state index is -4.07. The van der Waals surface area contributed by atoms with Crippen molar-refractivity contribution in [1.29, 1.82) is 0 Å². The molecule has 1 heterocycles. The summed E-state index contributed by atoms with van der Waals surface area (Å²) in [7, 11) is -2.38. The Morgan fingerprint density at radius 3 is 2.56 bits per heavy atom. The van der Waals surface area contributed by atoms with Crippen molar-refractivity contribution in [2.45, 2.75) is 31.2 Å². The molecule has 1 aromatic carbocycles. The Morgan fingerprint density at radius 1 is 1.22 bits per heavy atom. The van der Waals surface area contributed by atoms with Crippen LogP contribution in [0.3, 0.4) is 0 Å². The van der Waals surface area contributed by atoms with E-state index in [2.05, 4.69) is 15.3 Å². The van der Waals surface area contributed by atoms with Gasteiger partial charge in [-0.2, -0.15) is 4.98 Å². The van der Waals surface area contributed by atoms with Crippen molar-refractivity contribution in [3.05, 3.63) is 30.3 Å². The van der Waals surface area contributed by atoms with Crippen LogP contribution >= 0.6 is 0 Å². The Bertz CT molecular complexity index is 930. The number of sulfonamides is 1. The van der Waals surface area contributed by atoms with Gasteiger partial charge in [-0.05, 0) is 24.5 Å². The van der Waals surface area contributed by atoms with Gasteiger partial charge in [-0.1, -0.05) is 26.0 Å². The van der Waals surface area contributed by atoms with E-state index in [0.29, 0.717) is 23.5 Å². The molecule has 27 heavy (non-hydrogen) atoms. The quantitative estimate of drug-likeness (QED) is 0.543. The summed E-state index contributed by atoms with van der Waals surface area (Å²) < 4.78 is 27.1. The van der Waals surface area contributed by atoms with Crippen LogP contribution in [0.15, 0.2) is 35.2 Å². The summed E-state index contributed by atoms with van der Waals surface area (Å²) in [5.41, 5.74) is 12.4. The average Bonchev–Trinajstić information content (AvgIpc) is 2.60. The lowest BCUT2D eigenvalue weighted by Gasteiger charge is -2.14. The molecule has 0 aliphatic heterocycles. The molecule has 1 aromatic heterocycles. The zero-order valence-electron chi connectivity index (χ0n) is 15.4. The predicted octanol–water partition coefficient (Wildman–Crippen LogP) is 0.946. The minimum Gasteiger partial charge on any atom is -0.373 e. The number of aromatic nitrogens is 2. The molecule has 10 heteroatoms. The zero-order chi connectivity index (χ0) is 20.2. The number of hydrogen-bond donors (Lipinski definition) is 4. The van der Waals surface area contributed by atoms with Crippen molar-refractivity contribution in [2.24, 2.45) is 11.7 Å². The number of rotatable bonds is 7. The van der Waals surface area contributed by atoms with E-state index in [1.54, 1.807) is 25.2 Å². The fourth-order valence-corrected chi connectivity index (χ4v) is 3.52. The van der Waals surface area contributed by atoms with Crippen LogP contribution < -0.4 is 21.5 Å². The number of nitrogens with zero attached hydrogens (tertiary/aromatic N) is 2. The molecular weight excluding hydrogens is 368 g/mol. The van der Waals surface area contributed by atoms with E-state index in [9.17, 15) is 13.2 Å². The number of hydrogen-bond acceptors (Lipinski definition) is 8. The van der Waals surface area contributed by atoms with Crippen LogP contribution in [0.25, 0.3) is 11.3 Å². The van der Waals surface area contributed by atoms with E-state index < -0.39 is 22.0 Å². The maximum absolute atomic E-state index is 12.5. The van der Waals surface area contributed by atoms with Crippen LogP contribution in [0.2, 0.25) is 0 Å². The standard InChI is InChI=1S/C17H24N6O3S/c1-10(2)7-13(18)16(24)23-27(25,26)12-6-4-5-11(8-12)14-9-15(20-3)22-17(19)21-14/h4-6,8-10,13H,7,18H2,1-3H3,(H,23,24)(H3,19,20,21,22)/t13-/m0/s1. The van der Waals surface area contributed by atoms with Crippen molar-refractivity contribution < 1.29 is 13.2 Å². The van der Waals surface area contributed by atoms with Gasteiger partial charge in [0.25, 0.3) is 15.9 Å². The molecule has 146 valence electrons. The first kappa shape index (κ1) is 20.6. The van der Waals surface area contributed by atoms with Crippen molar-refractivity contribution in [1.82, 2.24) is 14.7 Å². The molecule has 9 nitrogen and oxygen atoms in total. The van der Waals surface area contributed by atoms with Gasteiger partial charge in [0, 0.05) is 18.7 Å². The number of nitrogen functional groups attached to an aromatic ring is 1. The van der Waals surface area contributed by atoms with Crippen molar-refractivity contribution in [2.75, 3.05) is 18.1 Å². The number of carbonyl (C=O) groups is 1. The third-order valence-corrected chi connectivity index (χ3v) is 5.08. The number of nitrogens with one attached hydrogen (secondary N) is 2. The molecule has 0 fully saturated rings. The van der Waals surface area contributed by atoms with Crippen LogP contribution in [-0.4, -0.2) is 37.4 Å². The summed E-state index contributed by atoms with van der Waals surface area (Å²) in [6.45, 7) is 3.80. The second kappa shape index (κ2) is 8.31. The maximum atomic E-state index is 12.5. The first-order valence-corrected chi connectivity index (χ1v) is 9.85.